The van der Waals surface area contributed by atoms with Gasteiger partial charge >= 0.3 is 6.18 Å². The van der Waals surface area contributed by atoms with Crippen LogP contribution in [-0.2, 0) is 6.18 Å². The van der Waals surface area contributed by atoms with E-state index in [0.29, 0.717) is 17.2 Å². The van der Waals surface area contributed by atoms with Crippen LogP contribution in [0.15, 0.2) is 18.2 Å². The Labute approximate surface area is 164 Å². The van der Waals surface area contributed by atoms with E-state index in [2.05, 4.69) is 10.6 Å². The molecule has 0 bridgehead atoms. The first kappa shape index (κ1) is 19.7. The van der Waals surface area contributed by atoms with Crippen molar-refractivity contribution in [3.63, 3.8) is 0 Å². The van der Waals surface area contributed by atoms with Gasteiger partial charge in [0.15, 0.2) is 0 Å². The fraction of sp³-hybridized carbons (Fsp3) is 0.682. The lowest BCUT2D eigenvalue weighted by atomic mass is 9.89. The van der Waals surface area contributed by atoms with Gasteiger partial charge in [-0.25, -0.2) is 0 Å². The Morgan fingerprint density at radius 3 is 2.18 bits per heavy atom. The average molecular weight is 394 g/mol. The Kier molecular flexibility index (Phi) is 5.68. The summed E-state index contributed by atoms with van der Waals surface area (Å²) in [5.41, 5.74) is 0.313. The van der Waals surface area contributed by atoms with Gasteiger partial charge in [0.25, 0.3) is 5.91 Å². The molecule has 3 fully saturated rings. The number of hydrogen-bond acceptors (Lipinski definition) is 2. The molecule has 3 aliphatic carbocycles. The number of amides is 1. The minimum absolute atomic E-state index is 0.0520. The van der Waals surface area contributed by atoms with Crippen LogP contribution in [-0.4, -0.2) is 24.0 Å². The summed E-state index contributed by atoms with van der Waals surface area (Å²) in [4.78, 5) is 13.0. The quantitative estimate of drug-likeness (QED) is 0.725. The first-order valence-corrected chi connectivity index (χ1v) is 10.7. The van der Waals surface area contributed by atoms with Gasteiger partial charge in [-0.3, -0.25) is 4.79 Å². The first-order valence-electron chi connectivity index (χ1n) is 10.7. The molecular formula is C22H29F3N2O. The lowest BCUT2D eigenvalue weighted by molar-refractivity contribution is -0.137. The van der Waals surface area contributed by atoms with Crippen LogP contribution >= 0.6 is 0 Å². The third-order valence-electron chi connectivity index (χ3n) is 6.53. The largest absolute Gasteiger partial charge is 0.416 e. The Hall–Kier alpha value is -1.56. The fourth-order valence-corrected chi connectivity index (χ4v) is 4.82. The molecule has 3 aliphatic rings. The van der Waals surface area contributed by atoms with E-state index in [-0.39, 0.29) is 23.9 Å². The van der Waals surface area contributed by atoms with Gasteiger partial charge in [-0.1, -0.05) is 25.7 Å². The normalized spacial score (nSPS) is 26.4. The minimum atomic E-state index is -4.38. The van der Waals surface area contributed by atoms with Crippen LogP contribution < -0.4 is 10.6 Å². The average Bonchev–Trinajstić information content (AvgIpc) is 3.39. The highest BCUT2D eigenvalue weighted by Gasteiger charge is 2.36. The maximum absolute atomic E-state index is 13.1. The Morgan fingerprint density at radius 1 is 0.893 bits per heavy atom. The molecule has 154 valence electrons. The molecule has 0 radical (unpaired) electrons. The van der Waals surface area contributed by atoms with E-state index < -0.39 is 11.7 Å². The number of carbonyl (C=O) groups excluding carboxylic acids is 1. The molecule has 28 heavy (non-hydrogen) atoms. The van der Waals surface area contributed by atoms with Crippen molar-refractivity contribution in [1.29, 1.82) is 0 Å². The highest BCUT2D eigenvalue weighted by Crippen LogP contribution is 2.43. The van der Waals surface area contributed by atoms with Gasteiger partial charge in [-0.2, -0.15) is 13.2 Å². The molecule has 1 aromatic rings. The maximum Gasteiger partial charge on any atom is 0.416 e. The summed E-state index contributed by atoms with van der Waals surface area (Å²) in [6.45, 7) is 0. The van der Waals surface area contributed by atoms with Crippen molar-refractivity contribution in [2.24, 2.45) is 0 Å². The molecule has 6 heteroatoms. The Bertz CT molecular complexity index is 708. The monoisotopic (exact) mass is 394 g/mol. The number of halogens is 3. The smallest absolute Gasteiger partial charge is 0.348 e. The van der Waals surface area contributed by atoms with Crippen molar-refractivity contribution in [3.8, 4) is 0 Å². The number of rotatable bonds is 5. The van der Waals surface area contributed by atoms with Crippen molar-refractivity contribution in [3.05, 3.63) is 34.9 Å². The van der Waals surface area contributed by atoms with E-state index in [0.717, 1.165) is 44.6 Å². The first-order chi connectivity index (χ1) is 13.4. The zero-order chi connectivity index (χ0) is 19.7. The maximum atomic E-state index is 13.1. The molecule has 0 aliphatic heterocycles. The molecule has 2 N–H and O–H groups in total. The highest BCUT2D eigenvalue weighted by molar-refractivity contribution is 5.96. The summed E-state index contributed by atoms with van der Waals surface area (Å²) >= 11 is 0. The number of hydrogen-bond donors (Lipinski definition) is 2. The molecule has 0 spiro atoms. The lowest BCUT2D eigenvalue weighted by Crippen LogP contribution is -2.53. The summed E-state index contributed by atoms with van der Waals surface area (Å²) in [6, 6.07) is 4.44. The SMILES string of the molecule is O=C(NC1CCCCC1NC1CCCC1)c1ccc(C(F)(F)F)cc1C1CC1. The predicted molar refractivity (Wildman–Crippen MR) is 102 cm³/mol. The van der Waals surface area contributed by atoms with E-state index in [1.165, 1.54) is 37.8 Å². The zero-order valence-corrected chi connectivity index (χ0v) is 16.2. The van der Waals surface area contributed by atoms with Gasteiger partial charge in [-0.05, 0) is 68.2 Å². The van der Waals surface area contributed by atoms with Gasteiger partial charge < -0.3 is 10.6 Å². The number of carbonyl (C=O) groups is 1. The summed E-state index contributed by atoms with van der Waals surface area (Å²) in [5, 5.41) is 6.90. The molecule has 4 rings (SSSR count). The van der Waals surface area contributed by atoms with Crippen LogP contribution in [0.3, 0.4) is 0 Å². The number of alkyl halides is 3. The van der Waals surface area contributed by atoms with E-state index in [1.54, 1.807) is 0 Å². The molecule has 0 aromatic heterocycles. The third-order valence-corrected chi connectivity index (χ3v) is 6.53. The van der Waals surface area contributed by atoms with E-state index >= 15 is 0 Å². The molecule has 0 heterocycles. The topological polar surface area (TPSA) is 41.1 Å². The molecule has 1 aromatic carbocycles. The van der Waals surface area contributed by atoms with E-state index in [9.17, 15) is 18.0 Å². The van der Waals surface area contributed by atoms with Crippen LogP contribution in [0.4, 0.5) is 13.2 Å². The van der Waals surface area contributed by atoms with Crippen molar-refractivity contribution in [1.82, 2.24) is 10.6 Å². The molecule has 1 amide bonds. The molecule has 2 atom stereocenters. The van der Waals surface area contributed by atoms with Crippen LogP contribution in [0, 0.1) is 0 Å². The van der Waals surface area contributed by atoms with Gasteiger partial charge in [0.1, 0.15) is 0 Å². The van der Waals surface area contributed by atoms with Crippen molar-refractivity contribution in [2.75, 3.05) is 0 Å². The number of nitrogens with one attached hydrogen (secondary N) is 2. The molecule has 0 saturated heterocycles. The highest BCUT2D eigenvalue weighted by atomic mass is 19.4. The standard InChI is InChI=1S/C22H29F3N2O/c23-22(24,25)15-11-12-17(18(13-15)14-9-10-14)21(28)27-20-8-4-3-7-19(20)26-16-5-1-2-6-16/h11-14,16,19-20,26H,1-10H2,(H,27,28). The molecule has 3 nitrogen and oxygen atoms in total. The fourth-order valence-electron chi connectivity index (χ4n) is 4.82. The van der Waals surface area contributed by atoms with Crippen molar-refractivity contribution >= 4 is 5.91 Å². The second-order valence-corrected chi connectivity index (χ2v) is 8.69. The van der Waals surface area contributed by atoms with Crippen LogP contribution in [0.2, 0.25) is 0 Å². The third kappa shape index (κ3) is 4.53. The van der Waals surface area contributed by atoms with Crippen molar-refractivity contribution in [2.45, 2.75) is 94.4 Å². The van der Waals surface area contributed by atoms with Crippen LogP contribution in [0.1, 0.15) is 91.6 Å². The summed E-state index contributed by atoms with van der Waals surface area (Å²) < 4.78 is 39.3. The van der Waals surface area contributed by atoms with Crippen LogP contribution in [0.5, 0.6) is 0 Å². The Morgan fingerprint density at radius 2 is 1.54 bits per heavy atom. The van der Waals surface area contributed by atoms with Crippen LogP contribution in [0.25, 0.3) is 0 Å². The van der Waals surface area contributed by atoms with Gasteiger partial charge in [0.2, 0.25) is 0 Å². The van der Waals surface area contributed by atoms with Gasteiger partial charge in [-0.15, -0.1) is 0 Å². The van der Waals surface area contributed by atoms with Gasteiger partial charge in [0, 0.05) is 23.7 Å². The Balaban J connectivity index is 1.48. The summed E-state index contributed by atoms with van der Waals surface area (Å²) in [7, 11) is 0. The van der Waals surface area contributed by atoms with Crippen molar-refractivity contribution < 1.29 is 18.0 Å². The second kappa shape index (κ2) is 8.05. The second-order valence-electron chi connectivity index (χ2n) is 8.69. The molecule has 2 unspecified atom stereocenters. The zero-order valence-electron chi connectivity index (χ0n) is 16.2. The van der Waals surface area contributed by atoms with Gasteiger partial charge in [0.05, 0.1) is 5.56 Å². The summed E-state index contributed by atoms with van der Waals surface area (Å²) in [6.07, 6.45) is 6.46. The van der Waals surface area contributed by atoms with E-state index in [4.69, 9.17) is 0 Å². The predicted octanol–water partition coefficient (Wildman–Crippen LogP) is 5.16. The molecular weight excluding hydrogens is 365 g/mol. The lowest BCUT2D eigenvalue weighted by Gasteiger charge is -2.35. The summed E-state index contributed by atoms with van der Waals surface area (Å²) in [5.74, 6) is -0.137. The minimum Gasteiger partial charge on any atom is -0.348 e. The molecule has 3 saturated carbocycles. The van der Waals surface area contributed by atoms with E-state index in [1.807, 2.05) is 0 Å². The number of benzene rings is 1.